The molecule has 1 rings (SSSR count). The van der Waals surface area contributed by atoms with E-state index in [0.717, 1.165) is 32.4 Å². The van der Waals surface area contributed by atoms with Gasteiger partial charge >= 0.3 is 12.0 Å². The smallest absolute Gasteiger partial charge is 0.317 e. The van der Waals surface area contributed by atoms with Crippen molar-refractivity contribution in [2.24, 2.45) is 0 Å². The summed E-state index contributed by atoms with van der Waals surface area (Å²) in [6.45, 7) is 3.47. The highest BCUT2D eigenvalue weighted by atomic mass is 16.4. The third-order valence-corrected chi connectivity index (χ3v) is 3.56. The van der Waals surface area contributed by atoms with E-state index < -0.39 is 18.0 Å². The SMILES string of the molecule is CCCC(CC(=O)O)NC(=O)N(C)CC(=O)N1CCCC1. The number of nitrogens with one attached hydrogen (secondary N) is 1. The topological polar surface area (TPSA) is 90.0 Å². The molecule has 1 atom stereocenters. The Labute approximate surface area is 125 Å². The molecule has 0 aromatic carbocycles. The van der Waals surface area contributed by atoms with Crippen molar-refractivity contribution < 1.29 is 19.5 Å². The summed E-state index contributed by atoms with van der Waals surface area (Å²) in [7, 11) is 1.55. The summed E-state index contributed by atoms with van der Waals surface area (Å²) in [6, 6.07) is -0.799. The van der Waals surface area contributed by atoms with Gasteiger partial charge in [0.05, 0.1) is 6.42 Å². The van der Waals surface area contributed by atoms with E-state index in [1.54, 1.807) is 11.9 Å². The molecule has 7 nitrogen and oxygen atoms in total. The number of aliphatic carboxylic acids is 1. The molecule has 0 saturated carbocycles. The van der Waals surface area contributed by atoms with Gasteiger partial charge in [0.2, 0.25) is 5.91 Å². The van der Waals surface area contributed by atoms with Gasteiger partial charge in [0.15, 0.2) is 0 Å². The number of carboxylic acids is 1. The molecular weight excluding hydrogens is 274 g/mol. The Morgan fingerprint density at radius 1 is 1.29 bits per heavy atom. The normalized spacial score (nSPS) is 15.6. The van der Waals surface area contributed by atoms with Crippen molar-refractivity contribution in [2.75, 3.05) is 26.7 Å². The fourth-order valence-electron chi connectivity index (χ4n) is 2.41. The Balaban J connectivity index is 2.44. The monoisotopic (exact) mass is 299 g/mol. The average Bonchev–Trinajstić information content (AvgIpc) is 2.91. The minimum Gasteiger partial charge on any atom is -0.481 e. The molecule has 1 aliphatic heterocycles. The number of carboxylic acid groups (broad SMARTS) is 1. The second kappa shape index (κ2) is 8.49. The highest BCUT2D eigenvalue weighted by Gasteiger charge is 2.22. The van der Waals surface area contributed by atoms with Gasteiger partial charge in [-0.2, -0.15) is 0 Å². The maximum absolute atomic E-state index is 12.0. The van der Waals surface area contributed by atoms with Gasteiger partial charge in [0.25, 0.3) is 0 Å². The maximum Gasteiger partial charge on any atom is 0.317 e. The predicted octanol–water partition coefficient (Wildman–Crippen LogP) is 0.894. The van der Waals surface area contributed by atoms with Crippen molar-refractivity contribution >= 4 is 17.9 Å². The highest BCUT2D eigenvalue weighted by Crippen LogP contribution is 2.08. The van der Waals surface area contributed by atoms with Crippen LogP contribution in [0.15, 0.2) is 0 Å². The molecule has 0 radical (unpaired) electrons. The third-order valence-electron chi connectivity index (χ3n) is 3.56. The molecule has 1 unspecified atom stereocenters. The molecular formula is C14H25N3O4. The van der Waals surface area contributed by atoms with Crippen LogP contribution in [0.25, 0.3) is 0 Å². The minimum atomic E-state index is -0.940. The van der Waals surface area contributed by atoms with Crippen molar-refractivity contribution in [1.82, 2.24) is 15.1 Å². The van der Waals surface area contributed by atoms with Crippen LogP contribution in [0.3, 0.4) is 0 Å². The van der Waals surface area contributed by atoms with E-state index in [9.17, 15) is 14.4 Å². The van der Waals surface area contributed by atoms with Crippen LogP contribution >= 0.6 is 0 Å². The predicted molar refractivity (Wildman–Crippen MR) is 77.9 cm³/mol. The van der Waals surface area contributed by atoms with E-state index in [1.807, 2.05) is 6.92 Å². The van der Waals surface area contributed by atoms with E-state index in [1.165, 1.54) is 4.90 Å². The second-order valence-electron chi connectivity index (χ2n) is 5.48. The first-order valence-electron chi connectivity index (χ1n) is 7.45. The maximum atomic E-state index is 12.0. The van der Waals surface area contributed by atoms with E-state index in [2.05, 4.69) is 5.32 Å². The molecule has 7 heteroatoms. The third kappa shape index (κ3) is 6.01. The Morgan fingerprint density at radius 3 is 2.43 bits per heavy atom. The molecule has 1 heterocycles. The molecule has 0 bridgehead atoms. The number of likely N-dealkylation sites (N-methyl/N-ethyl adjacent to an activating group) is 1. The van der Waals surface area contributed by atoms with Crippen molar-refractivity contribution in [2.45, 2.75) is 45.1 Å². The van der Waals surface area contributed by atoms with Gasteiger partial charge in [0, 0.05) is 26.2 Å². The van der Waals surface area contributed by atoms with Crippen LogP contribution < -0.4 is 5.32 Å². The van der Waals surface area contributed by atoms with E-state index in [0.29, 0.717) is 6.42 Å². The fourth-order valence-corrected chi connectivity index (χ4v) is 2.41. The van der Waals surface area contributed by atoms with Crippen LogP contribution in [0.1, 0.15) is 39.0 Å². The lowest BCUT2D eigenvalue weighted by atomic mass is 10.1. The number of carbonyl (C=O) groups excluding carboxylic acids is 2. The van der Waals surface area contributed by atoms with Gasteiger partial charge in [-0.1, -0.05) is 13.3 Å². The Morgan fingerprint density at radius 2 is 1.90 bits per heavy atom. The number of nitrogens with zero attached hydrogens (tertiary/aromatic N) is 2. The number of amides is 3. The van der Waals surface area contributed by atoms with Crippen molar-refractivity contribution in [3.8, 4) is 0 Å². The van der Waals surface area contributed by atoms with Gasteiger partial charge in [0.1, 0.15) is 6.54 Å². The average molecular weight is 299 g/mol. The molecule has 0 aromatic rings. The second-order valence-corrected chi connectivity index (χ2v) is 5.48. The molecule has 0 aliphatic carbocycles. The number of urea groups is 1. The van der Waals surface area contributed by atoms with Gasteiger partial charge in [-0.15, -0.1) is 0 Å². The summed E-state index contributed by atoms with van der Waals surface area (Å²) in [5, 5.41) is 11.5. The van der Waals surface area contributed by atoms with E-state index in [-0.39, 0.29) is 18.9 Å². The quantitative estimate of drug-likeness (QED) is 0.730. The van der Waals surface area contributed by atoms with Gasteiger partial charge < -0.3 is 20.2 Å². The zero-order valence-electron chi connectivity index (χ0n) is 12.8. The van der Waals surface area contributed by atoms with Gasteiger partial charge in [-0.25, -0.2) is 4.79 Å². The molecule has 0 spiro atoms. The summed E-state index contributed by atoms with van der Waals surface area (Å²) in [5.74, 6) is -1.00. The molecule has 0 aromatic heterocycles. The first kappa shape index (κ1) is 17.3. The Bertz CT molecular complexity index is 380. The lowest BCUT2D eigenvalue weighted by molar-refractivity contribution is -0.137. The molecule has 3 amide bonds. The molecule has 21 heavy (non-hydrogen) atoms. The summed E-state index contributed by atoms with van der Waals surface area (Å²) in [6.07, 6.45) is 3.31. The summed E-state index contributed by atoms with van der Waals surface area (Å²) in [5.41, 5.74) is 0. The van der Waals surface area contributed by atoms with Gasteiger partial charge in [-0.3, -0.25) is 9.59 Å². The fraction of sp³-hybridized carbons (Fsp3) is 0.786. The van der Waals surface area contributed by atoms with Crippen LogP contribution in [0.4, 0.5) is 4.79 Å². The first-order valence-corrected chi connectivity index (χ1v) is 7.45. The molecule has 1 aliphatic rings. The number of likely N-dealkylation sites (tertiary alicyclic amines) is 1. The van der Waals surface area contributed by atoms with Crippen molar-refractivity contribution in [1.29, 1.82) is 0 Å². The number of carbonyl (C=O) groups is 3. The van der Waals surface area contributed by atoms with Gasteiger partial charge in [-0.05, 0) is 19.3 Å². The lowest BCUT2D eigenvalue weighted by Crippen LogP contribution is -2.47. The molecule has 120 valence electrons. The number of rotatable bonds is 7. The first-order chi connectivity index (χ1) is 9.93. The highest BCUT2D eigenvalue weighted by molar-refractivity contribution is 5.84. The molecule has 1 saturated heterocycles. The van der Waals surface area contributed by atoms with Crippen molar-refractivity contribution in [3.63, 3.8) is 0 Å². The number of hydrogen-bond donors (Lipinski definition) is 2. The zero-order valence-corrected chi connectivity index (χ0v) is 12.8. The largest absolute Gasteiger partial charge is 0.481 e. The van der Waals surface area contributed by atoms with Crippen LogP contribution in [0, 0.1) is 0 Å². The molecule has 2 N–H and O–H groups in total. The summed E-state index contributed by atoms with van der Waals surface area (Å²) in [4.78, 5) is 37.8. The Hall–Kier alpha value is -1.79. The van der Waals surface area contributed by atoms with E-state index >= 15 is 0 Å². The van der Waals surface area contributed by atoms with E-state index in [4.69, 9.17) is 5.11 Å². The summed E-state index contributed by atoms with van der Waals surface area (Å²) < 4.78 is 0. The van der Waals surface area contributed by atoms with Crippen LogP contribution in [0.2, 0.25) is 0 Å². The summed E-state index contributed by atoms with van der Waals surface area (Å²) >= 11 is 0. The van der Waals surface area contributed by atoms with Crippen LogP contribution in [-0.2, 0) is 9.59 Å². The zero-order chi connectivity index (χ0) is 15.8. The van der Waals surface area contributed by atoms with Crippen LogP contribution in [-0.4, -0.2) is 65.5 Å². The standard InChI is InChI=1S/C14H25N3O4/c1-3-6-11(9-13(19)20)15-14(21)16(2)10-12(18)17-7-4-5-8-17/h11H,3-10H2,1-2H3,(H,15,21)(H,19,20). The lowest BCUT2D eigenvalue weighted by Gasteiger charge is -2.24. The van der Waals surface area contributed by atoms with Crippen LogP contribution in [0.5, 0.6) is 0 Å². The minimum absolute atomic E-state index is 0.0255. The molecule has 1 fully saturated rings. The number of hydrogen-bond acceptors (Lipinski definition) is 3. The Kier molecular flexibility index (Phi) is 6.98. The van der Waals surface area contributed by atoms with Crippen molar-refractivity contribution in [3.05, 3.63) is 0 Å².